The number of rotatable bonds is 34. The standard InChI is InChI=1S/C39H75N3O2/c1-4-6-8-10-12-14-16-18-20-22-24-26-28-30-38(43)36-40-32-34-42(3)35-33-41-37-39(44)31-29-27-25-23-21-19-17-15-13-11-9-7-5-2/h16-19,22-25,38-41,43-44H,4-15,20-21,26-37H2,1-3H3/b18-16-,19-17-,24-22-,25-23-. The minimum Gasteiger partial charge on any atom is -0.392 e. The molecule has 0 heterocycles. The van der Waals surface area contributed by atoms with E-state index in [2.05, 4.69) is 85.0 Å². The molecule has 4 N–H and O–H groups in total. The molecule has 0 aromatic carbocycles. The van der Waals surface area contributed by atoms with Crippen LogP contribution in [0, 0.1) is 0 Å². The van der Waals surface area contributed by atoms with Gasteiger partial charge in [0.15, 0.2) is 0 Å². The second-order valence-electron chi connectivity index (χ2n) is 12.6. The Morgan fingerprint density at radius 1 is 0.500 bits per heavy atom. The normalized spacial score (nSPS) is 14.0. The van der Waals surface area contributed by atoms with Gasteiger partial charge >= 0.3 is 0 Å². The minimum atomic E-state index is -0.272. The quantitative estimate of drug-likeness (QED) is 0.0429. The van der Waals surface area contributed by atoms with Gasteiger partial charge in [-0.05, 0) is 84.1 Å². The lowest BCUT2D eigenvalue weighted by Crippen LogP contribution is -2.38. The highest BCUT2D eigenvalue weighted by atomic mass is 16.3. The smallest absolute Gasteiger partial charge is 0.0664 e. The Kier molecular flexibility index (Phi) is 35.2. The summed E-state index contributed by atoms with van der Waals surface area (Å²) in [5.74, 6) is 0. The molecule has 5 nitrogen and oxygen atoms in total. The molecule has 0 aliphatic carbocycles. The molecule has 0 spiro atoms. The van der Waals surface area contributed by atoms with Crippen LogP contribution in [0.15, 0.2) is 48.6 Å². The molecular weight excluding hydrogens is 542 g/mol. The van der Waals surface area contributed by atoms with Gasteiger partial charge < -0.3 is 25.7 Å². The molecular formula is C39H75N3O2. The van der Waals surface area contributed by atoms with Crippen molar-refractivity contribution in [1.82, 2.24) is 15.5 Å². The summed E-state index contributed by atoms with van der Waals surface area (Å²) in [7, 11) is 2.13. The highest BCUT2D eigenvalue weighted by molar-refractivity contribution is 4.93. The Morgan fingerprint density at radius 3 is 1.25 bits per heavy atom. The Labute approximate surface area is 274 Å². The predicted molar refractivity (Wildman–Crippen MR) is 195 cm³/mol. The predicted octanol–water partition coefficient (Wildman–Crippen LogP) is 8.89. The van der Waals surface area contributed by atoms with Crippen molar-refractivity contribution in [2.24, 2.45) is 0 Å². The first kappa shape index (κ1) is 42.8. The van der Waals surface area contributed by atoms with Crippen molar-refractivity contribution in [3.8, 4) is 0 Å². The van der Waals surface area contributed by atoms with E-state index in [9.17, 15) is 10.2 Å². The van der Waals surface area contributed by atoms with Gasteiger partial charge in [0.1, 0.15) is 0 Å². The van der Waals surface area contributed by atoms with Crippen molar-refractivity contribution in [2.75, 3.05) is 46.3 Å². The van der Waals surface area contributed by atoms with E-state index in [0.717, 1.165) is 77.5 Å². The minimum absolute atomic E-state index is 0.272. The first-order valence-electron chi connectivity index (χ1n) is 18.7. The highest BCUT2D eigenvalue weighted by Gasteiger charge is 2.05. The fourth-order valence-corrected chi connectivity index (χ4v) is 5.08. The molecule has 0 amide bonds. The van der Waals surface area contributed by atoms with E-state index in [-0.39, 0.29) is 12.2 Å². The number of hydrogen-bond donors (Lipinski definition) is 4. The van der Waals surface area contributed by atoms with Crippen molar-refractivity contribution >= 4 is 0 Å². The summed E-state index contributed by atoms with van der Waals surface area (Å²) in [6, 6.07) is 0. The fourth-order valence-electron chi connectivity index (χ4n) is 5.08. The first-order chi connectivity index (χ1) is 21.6. The van der Waals surface area contributed by atoms with E-state index < -0.39 is 0 Å². The Morgan fingerprint density at radius 2 is 0.864 bits per heavy atom. The molecule has 0 aromatic heterocycles. The summed E-state index contributed by atoms with van der Waals surface area (Å²) in [4.78, 5) is 2.29. The summed E-state index contributed by atoms with van der Waals surface area (Å²) in [5.41, 5.74) is 0. The zero-order valence-corrected chi connectivity index (χ0v) is 29.5. The molecule has 2 unspecified atom stereocenters. The number of aliphatic hydroxyl groups is 2. The molecule has 0 aromatic rings. The van der Waals surface area contributed by atoms with E-state index in [1.807, 2.05) is 0 Å². The van der Waals surface area contributed by atoms with E-state index in [1.54, 1.807) is 0 Å². The van der Waals surface area contributed by atoms with E-state index in [4.69, 9.17) is 0 Å². The molecule has 44 heavy (non-hydrogen) atoms. The fraction of sp³-hybridized carbons (Fsp3) is 0.795. The summed E-state index contributed by atoms with van der Waals surface area (Å²) in [6.45, 7) is 9.50. The summed E-state index contributed by atoms with van der Waals surface area (Å²) >= 11 is 0. The Hall–Kier alpha value is -1.24. The number of aliphatic hydroxyl groups excluding tert-OH is 2. The molecule has 2 atom stereocenters. The topological polar surface area (TPSA) is 67.8 Å². The SMILES string of the molecule is CCCCCCC/C=C\C/C=C\CCCC(O)CNCCN(C)CCNCC(O)CCC/C=C\C/C=C\CCCCCCC. The third-order valence-corrected chi connectivity index (χ3v) is 8.08. The Balaban J connectivity index is 3.51. The lowest BCUT2D eigenvalue weighted by atomic mass is 10.1. The first-order valence-corrected chi connectivity index (χ1v) is 18.7. The van der Waals surface area contributed by atoms with Crippen molar-refractivity contribution in [3.05, 3.63) is 48.6 Å². The maximum atomic E-state index is 10.2. The molecule has 0 saturated carbocycles. The van der Waals surface area contributed by atoms with Crippen LogP contribution in [0.3, 0.4) is 0 Å². The van der Waals surface area contributed by atoms with Crippen LogP contribution in [0.5, 0.6) is 0 Å². The monoisotopic (exact) mass is 618 g/mol. The molecule has 0 rings (SSSR count). The van der Waals surface area contributed by atoms with Crippen molar-refractivity contribution in [3.63, 3.8) is 0 Å². The van der Waals surface area contributed by atoms with E-state index in [1.165, 1.54) is 77.0 Å². The number of likely N-dealkylation sites (N-methyl/N-ethyl adjacent to an activating group) is 1. The van der Waals surface area contributed by atoms with Crippen LogP contribution in [0.1, 0.15) is 142 Å². The second kappa shape index (κ2) is 36.2. The van der Waals surface area contributed by atoms with Gasteiger partial charge in [0.05, 0.1) is 12.2 Å². The van der Waals surface area contributed by atoms with Gasteiger partial charge in [0, 0.05) is 39.3 Å². The van der Waals surface area contributed by atoms with Crippen LogP contribution < -0.4 is 10.6 Å². The van der Waals surface area contributed by atoms with Gasteiger partial charge in [-0.15, -0.1) is 0 Å². The van der Waals surface area contributed by atoms with Gasteiger partial charge in [-0.3, -0.25) is 0 Å². The molecule has 0 saturated heterocycles. The summed E-state index contributed by atoms with van der Waals surface area (Å²) in [5, 5.41) is 27.3. The van der Waals surface area contributed by atoms with Gasteiger partial charge in [0.25, 0.3) is 0 Å². The van der Waals surface area contributed by atoms with Gasteiger partial charge in [-0.2, -0.15) is 0 Å². The number of nitrogens with one attached hydrogen (secondary N) is 2. The molecule has 5 heteroatoms. The third-order valence-electron chi connectivity index (χ3n) is 8.08. The van der Waals surface area contributed by atoms with E-state index in [0.29, 0.717) is 13.1 Å². The highest BCUT2D eigenvalue weighted by Crippen LogP contribution is 2.07. The summed E-state index contributed by atoms with van der Waals surface area (Å²) in [6.07, 6.45) is 41.5. The maximum Gasteiger partial charge on any atom is 0.0664 e. The van der Waals surface area contributed by atoms with Gasteiger partial charge in [0.2, 0.25) is 0 Å². The number of unbranched alkanes of at least 4 members (excludes halogenated alkanes) is 12. The molecule has 258 valence electrons. The number of allylic oxidation sites excluding steroid dienone is 8. The van der Waals surface area contributed by atoms with Crippen LogP contribution in [0.2, 0.25) is 0 Å². The lowest BCUT2D eigenvalue weighted by Gasteiger charge is -2.19. The molecule has 0 aliphatic heterocycles. The molecule has 0 bridgehead atoms. The van der Waals surface area contributed by atoms with Gasteiger partial charge in [-0.25, -0.2) is 0 Å². The van der Waals surface area contributed by atoms with Crippen LogP contribution in [0.25, 0.3) is 0 Å². The molecule has 0 radical (unpaired) electrons. The summed E-state index contributed by atoms with van der Waals surface area (Å²) < 4.78 is 0. The van der Waals surface area contributed by atoms with Crippen LogP contribution >= 0.6 is 0 Å². The third kappa shape index (κ3) is 35.2. The van der Waals surface area contributed by atoms with Crippen LogP contribution in [-0.4, -0.2) is 73.6 Å². The average molecular weight is 618 g/mol. The molecule has 0 aliphatic rings. The Bertz CT molecular complexity index is 620. The lowest BCUT2D eigenvalue weighted by molar-refractivity contribution is 0.156. The maximum absolute atomic E-state index is 10.2. The van der Waals surface area contributed by atoms with Crippen molar-refractivity contribution in [1.29, 1.82) is 0 Å². The zero-order chi connectivity index (χ0) is 32.2. The van der Waals surface area contributed by atoms with Crippen LogP contribution in [0.4, 0.5) is 0 Å². The largest absolute Gasteiger partial charge is 0.392 e. The molecule has 0 fully saturated rings. The van der Waals surface area contributed by atoms with Crippen molar-refractivity contribution < 1.29 is 10.2 Å². The number of hydrogen-bond acceptors (Lipinski definition) is 5. The average Bonchev–Trinajstić information content (AvgIpc) is 3.02. The van der Waals surface area contributed by atoms with Crippen molar-refractivity contribution in [2.45, 2.75) is 154 Å². The van der Waals surface area contributed by atoms with E-state index >= 15 is 0 Å². The number of nitrogens with zero attached hydrogens (tertiary/aromatic N) is 1. The van der Waals surface area contributed by atoms with Crippen LogP contribution in [-0.2, 0) is 0 Å². The second-order valence-corrected chi connectivity index (χ2v) is 12.6. The van der Waals surface area contributed by atoms with Gasteiger partial charge in [-0.1, -0.05) is 114 Å². The zero-order valence-electron chi connectivity index (χ0n) is 29.5.